The van der Waals surface area contributed by atoms with E-state index in [1.54, 1.807) is 6.08 Å². The fraction of sp³-hybridized carbons (Fsp3) is 0.318. The summed E-state index contributed by atoms with van der Waals surface area (Å²) in [6.07, 6.45) is 1.43. The summed E-state index contributed by atoms with van der Waals surface area (Å²) in [6.45, 7) is 11.6. The molecule has 0 aliphatic rings. The van der Waals surface area contributed by atoms with E-state index in [0.29, 0.717) is 22.3 Å². The van der Waals surface area contributed by atoms with Gasteiger partial charge in [0.2, 0.25) is 0 Å². The fourth-order valence-corrected chi connectivity index (χ4v) is 3.48. The Hall–Kier alpha value is -2.42. The second kappa shape index (κ2) is 7.64. The molecule has 0 heterocycles. The first-order chi connectivity index (χ1) is 11.8. The Balaban J connectivity index is 3.04. The smallest absolute Gasteiger partial charge is 0.307 e. The molecule has 132 valence electrons. The highest BCUT2D eigenvalue weighted by atomic mass is 19.1. The summed E-state index contributed by atoms with van der Waals surface area (Å²) in [5.41, 5.74) is 4.01. The van der Waals surface area contributed by atoms with Crippen LogP contribution >= 0.6 is 0 Å². The van der Waals surface area contributed by atoms with Crippen molar-refractivity contribution in [2.75, 3.05) is 0 Å². The van der Waals surface area contributed by atoms with E-state index < -0.39 is 5.97 Å². The summed E-state index contributed by atoms with van der Waals surface area (Å²) in [4.78, 5) is 11.5. The zero-order valence-electron chi connectivity index (χ0n) is 15.3. The maximum absolute atomic E-state index is 15.4. The Bertz CT molecular complexity index is 790. The van der Waals surface area contributed by atoms with E-state index in [2.05, 4.69) is 6.58 Å². The van der Waals surface area contributed by atoms with Crippen LogP contribution in [0.1, 0.15) is 61.8 Å². The van der Waals surface area contributed by atoms with Gasteiger partial charge in [-0.3, -0.25) is 4.79 Å². The summed E-state index contributed by atoms with van der Waals surface area (Å²) >= 11 is 0. The molecule has 2 aromatic carbocycles. The van der Waals surface area contributed by atoms with Crippen molar-refractivity contribution in [3.63, 3.8) is 0 Å². The van der Waals surface area contributed by atoms with E-state index in [1.807, 2.05) is 58.0 Å². The molecule has 25 heavy (non-hydrogen) atoms. The average molecular weight is 340 g/mol. The second-order valence-electron chi connectivity index (χ2n) is 6.86. The average Bonchev–Trinajstić information content (AvgIpc) is 2.53. The van der Waals surface area contributed by atoms with Gasteiger partial charge in [-0.2, -0.15) is 0 Å². The molecular formula is C22H25FO2. The second-order valence-corrected chi connectivity index (χ2v) is 6.86. The quantitative estimate of drug-likeness (QED) is 0.699. The van der Waals surface area contributed by atoms with E-state index in [0.717, 1.165) is 11.1 Å². The van der Waals surface area contributed by atoms with E-state index in [1.165, 1.54) is 0 Å². The largest absolute Gasteiger partial charge is 0.481 e. The molecule has 0 amide bonds. The van der Waals surface area contributed by atoms with Gasteiger partial charge in [0.25, 0.3) is 0 Å². The zero-order valence-corrected chi connectivity index (χ0v) is 15.3. The van der Waals surface area contributed by atoms with Gasteiger partial charge in [-0.05, 0) is 45.2 Å². The molecule has 0 aliphatic heterocycles. The third-order valence-corrected chi connectivity index (χ3v) is 4.41. The topological polar surface area (TPSA) is 37.3 Å². The highest BCUT2D eigenvalue weighted by molar-refractivity contribution is 5.85. The maximum atomic E-state index is 15.4. The number of rotatable bonds is 6. The van der Waals surface area contributed by atoms with Crippen molar-refractivity contribution in [2.45, 2.75) is 46.0 Å². The molecule has 0 radical (unpaired) electrons. The Kier molecular flexibility index (Phi) is 5.78. The van der Waals surface area contributed by atoms with Gasteiger partial charge < -0.3 is 5.11 Å². The van der Waals surface area contributed by atoms with Gasteiger partial charge in [-0.1, -0.05) is 70.7 Å². The molecule has 2 nitrogen and oxygen atoms in total. The number of hydrogen-bond donors (Lipinski definition) is 1. The fourth-order valence-electron chi connectivity index (χ4n) is 3.48. The summed E-state index contributed by atoms with van der Waals surface area (Å²) in [7, 11) is 0. The predicted molar refractivity (Wildman–Crippen MR) is 101 cm³/mol. The normalized spacial score (nSPS) is 11.2. The van der Waals surface area contributed by atoms with Crippen molar-refractivity contribution in [2.24, 2.45) is 0 Å². The molecule has 0 saturated carbocycles. The lowest BCUT2D eigenvalue weighted by molar-refractivity contribution is -0.136. The van der Waals surface area contributed by atoms with Crippen molar-refractivity contribution >= 4 is 12.0 Å². The van der Waals surface area contributed by atoms with Crippen molar-refractivity contribution in [3.8, 4) is 11.1 Å². The van der Waals surface area contributed by atoms with Crippen LogP contribution in [0.5, 0.6) is 0 Å². The molecule has 2 rings (SSSR count). The number of benzene rings is 2. The summed E-state index contributed by atoms with van der Waals surface area (Å²) < 4.78 is 15.4. The van der Waals surface area contributed by atoms with Crippen LogP contribution in [-0.4, -0.2) is 11.1 Å². The lowest BCUT2D eigenvalue weighted by Crippen LogP contribution is -2.14. The standard InChI is InChI=1S/C22H25FO2/c1-6-16-19(13(2)3)22(23)20(14(4)5)17(12-18(24)25)21(16)15-10-8-7-9-11-15/h6-11,13-14H,1,12H2,2-5H3,(H,24,25). The van der Waals surface area contributed by atoms with Gasteiger partial charge in [0.15, 0.2) is 0 Å². The lowest BCUT2D eigenvalue weighted by Gasteiger charge is -2.25. The van der Waals surface area contributed by atoms with Gasteiger partial charge in [0.05, 0.1) is 6.42 Å². The van der Waals surface area contributed by atoms with Crippen molar-refractivity contribution in [3.05, 3.63) is 65.0 Å². The Morgan fingerprint density at radius 2 is 1.68 bits per heavy atom. The van der Waals surface area contributed by atoms with Crippen molar-refractivity contribution < 1.29 is 14.3 Å². The first-order valence-corrected chi connectivity index (χ1v) is 8.57. The minimum absolute atomic E-state index is 0.0353. The number of hydrogen-bond acceptors (Lipinski definition) is 1. The van der Waals surface area contributed by atoms with Crippen molar-refractivity contribution in [1.82, 2.24) is 0 Å². The number of aliphatic carboxylic acids is 1. The van der Waals surface area contributed by atoms with Crippen LogP contribution in [0.25, 0.3) is 17.2 Å². The zero-order chi connectivity index (χ0) is 18.7. The first-order valence-electron chi connectivity index (χ1n) is 8.57. The van der Waals surface area contributed by atoms with Gasteiger partial charge in [-0.15, -0.1) is 0 Å². The minimum Gasteiger partial charge on any atom is -0.481 e. The van der Waals surface area contributed by atoms with Crippen LogP contribution in [0.2, 0.25) is 0 Å². The Morgan fingerprint density at radius 3 is 2.12 bits per heavy atom. The van der Waals surface area contributed by atoms with Gasteiger partial charge in [0.1, 0.15) is 5.82 Å². The molecule has 0 unspecified atom stereocenters. The lowest BCUT2D eigenvalue weighted by atomic mass is 9.80. The highest BCUT2D eigenvalue weighted by Crippen LogP contribution is 2.41. The van der Waals surface area contributed by atoms with E-state index in [4.69, 9.17) is 0 Å². The first kappa shape index (κ1) is 18.9. The number of carboxylic acid groups (broad SMARTS) is 1. The molecule has 3 heteroatoms. The third-order valence-electron chi connectivity index (χ3n) is 4.41. The minimum atomic E-state index is -0.967. The van der Waals surface area contributed by atoms with Crippen LogP contribution < -0.4 is 0 Å². The van der Waals surface area contributed by atoms with E-state index in [-0.39, 0.29) is 24.1 Å². The number of carboxylic acids is 1. The maximum Gasteiger partial charge on any atom is 0.307 e. The number of carbonyl (C=O) groups is 1. The van der Waals surface area contributed by atoms with Crippen LogP contribution in [0.3, 0.4) is 0 Å². The summed E-state index contributed by atoms with van der Waals surface area (Å²) in [6, 6.07) is 9.57. The van der Waals surface area contributed by atoms with Crippen LogP contribution in [0, 0.1) is 5.82 Å². The van der Waals surface area contributed by atoms with Gasteiger partial charge >= 0.3 is 5.97 Å². The number of halogens is 1. The molecule has 0 saturated heterocycles. The van der Waals surface area contributed by atoms with Crippen LogP contribution in [0.4, 0.5) is 4.39 Å². The molecule has 0 spiro atoms. The third kappa shape index (κ3) is 3.65. The van der Waals surface area contributed by atoms with Gasteiger partial charge in [0, 0.05) is 0 Å². The summed E-state index contributed by atoms with van der Waals surface area (Å²) in [5, 5.41) is 9.43. The molecular weight excluding hydrogens is 315 g/mol. The molecule has 1 N–H and O–H groups in total. The summed E-state index contributed by atoms with van der Waals surface area (Å²) in [5.74, 6) is -1.42. The van der Waals surface area contributed by atoms with Gasteiger partial charge in [-0.25, -0.2) is 4.39 Å². The van der Waals surface area contributed by atoms with E-state index in [9.17, 15) is 9.90 Å². The Morgan fingerprint density at radius 1 is 1.12 bits per heavy atom. The van der Waals surface area contributed by atoms with Crippen LogP contribution in [0.15, 0.2) is 36.9 Å². The molecule has 0 aromatic heterocycles. The highest BCUT2D eigenvalue weighted by Gasteiger charge is 2.27. The predicted octanol–water partition coefficient (Wildman–Crippen LogP) is 6.01. The Labute approximate surface area is 149 Å². The van der Waals surface area contributed by atoms with E-state index >= 15 is 4.39 Å². The molecule has 0 atom stereocenters. The molecule has 0 bridgehead atoms. The molecule has 2 aromatic rings. The monoisotopic (exact) mass is 340 g/mol. The van der Waals surface area contributed by atoms with Crippen LogP contribution in [-0.2, 0) is 11.2 Å². The molecule has 0 fully saturated rings. The molecule has 0 aliphatic carbocycles. The van der Waals surface area contributed by atoms with Crippen molar-refractivity contribution in [1.29, 1.82) is 0 Å². The SMILES string of the molecule is C=Cc1c(-c2ccccc2)c(CC(=O)O)c(C(C)C)c(F)c1C(C)C.